The minimum Gasteiger partial charge on any atom is -0.493 e. The number of aromatic carboxylic acids is 1. The van der Waals surface area contributed by atoms with Crippen molar-refractivity contribution in [3.8, 4) is 5.88 Å². The molecule has 1 aromatic heterocycles. The van der Waals surface area contributed by atoms with E-state index in [9.17, 15) is 9.90 Å². The Morgan fingerprint density at radius 1 is 1.14 bits per heavy atom. The lowest BCUT2D eigenvalue weighted by molar-refractivity contribution is 0.0697. The van der Waals surface area contributed by atoms with E-state index < -0.39 is 5.97 Å². The van der Waals surface area contributed by atoms with Crippen molar-refractivity contribution in [2.45, 2.75) is 13.5 Å². The van der Waals surface area contributed by atoms with Gasteiger partial charge in [-0.1, -0.05) is 23.5 Å². The van der Waals surface area contributed by atoms with Gasteiger partial charge in [0.15, 0.2) is 10.6 Å². The summed E-state index contributed by atoms with van der Waals surface area (Å²) in [7, 11) is 0. The highest BCUT2D eigenvalue weighted by Crippen LogP contribution is 2.25. The Balaban J connectivity index is 1.76. The molecule has 0 saturated heterocycles. The highest BCUT2D eigenvalue weighted by molar-refractivity contribution is 7.10. The van der Waals surface area contributed by atoms with Crippen LogP contribution in [0.4, 0.5) is 5.69 Å². The van der Waals surface area contributed by atoms with Gasteiger partial charge in [-0.2, -0.15) is 0 Å². The largest absolute Gasteiger partial charge is 0.493 e. The zero-order valence-corrected chi connectivity index (χ0v) is 15.7. The number of hydrogen-bond acceptors (Lipinski definition) is 6. The summed E-state index contributed by atoms with van der Waals surface area (Å²) in [6, 6.07) is 13.9. The number of rotatable bonds is 4. The summed E-state index contributed by atoms with van der Waals surface area (Å²) in [5, 5.41) is 21.2. The summed E-state index contributed by atoms with van der Waals surface area (Å²) in [6.07, 6.45) is 1.73. The van der Waals surface area contributed by atoms with Gasteiger partial charge in [0, 0.05) is 12.6 Å². The number of aromatic nitrogens is 1. The van der Waals surface area contributed by atoms with Crippen molar-refractivity contribution in [2.75, 3.05) is 0 Å². The summed E-state index contributed by atoms with van der Waals surface area (Å²) in [5.74, 6) is -0.358. The molecule has 1 aliphatic rings. The van der Waals surface area contributed by atoms with Crippen molar-refractivity contribution in [2.24, 2.45) is 15.0 Å². The Hall–Kier alpha value is -3.52. The molecule has 7 nitrogen and oxygen atoms in total. The Kier molecular flexibility index (Phi) is 4.62. The number of fused-ring (bicyclic) bond motifs is 1. The molecule has 0 fully saturated rings. The van der Waals surface area contributed by atoms with Gasteiger partial charge in [0.05, 0.1) is 26.8 Å². The molecule has 2 aromatic carbocycles. The summed E-state index contributed by atoms with van der Waals surface area (Å²) >= 11 is 1.32. The lowest BCUT2D eigenvalue weighted by atomic mass is 10.2. The normalized spacial score (nSPS) is 13.0. The van der Waals surface area contributed by atoms with E-state index in [1.54, 1.807) is 22.8 Å². The number of benzene rings is 2. The van der Waals surface area contributed by atoms with Gasteiger partial charge in [-0.3, -0.25) is 4.57 Å². The highest BCUT2D eigenvalue weighted by atomic mass is 32.1. The summed E-state index contributed by atoms with van der Waals surface area (Å²) in [6.45, 7) is 2.45. The first-order valence-electron chi connectivity index (χ1n) is 8.60. The molecule has 4 rings (SSSR count). The van der Waals surface area contributed by atoms with Gasteiger partial charge >= 0.3 is 5.97 Å². The number of nitrogens with zero attached hydrogens (tertiary/aromatic N) is 4. The molecule has 8 heteroatoms. The van der Waals surface area contributed by atoms with Gasteiger partial charge < -0.3 is 10.2 Å². The van der Waals surface area contributed by atoms with Crippen LogP contribution in [0.25, 0.3) is 6.08 Å². The second kappa shape index (κ2) is 7.24. The lowest BCUT2D eigenvalue weighted by Crippen LogP contribution is -2.19. The van der Waals surface area contributed by atoms with Gasteiger partial charge in [-0.25, -0.2) is 19.8 Å². The van der Waals surface area contributed by atoms with Crippen molar-refractivity contribution in [3.05, 3.63) is 80.3 Å². The molecule has 0 atom stereocenters. The smallest absolute Gasteiger partial charge is 0.335 e. The molecule has 0 bridgehead atoms. The van der Waals surface area contributed by atoms with Crippen LogP contribution >= 0.6 is 11.3 Å². The maximum atomic E-state index is 11.0. The van der Waals surface area contributed by atoms with Crippen LogP contribution in [0, 0.1) is 0 Å². The average Bonchev–Trinajstić information content (AvgIpc) is 3.22. The second-order valence-electron chi connectivity index (χ2n) is 6.00. The molecular weight excluding hydrogens is 376 g/mol. The number of thiazole rings is 1. The SMILES string of the molecule is CCn1c(O)c(C=C2N=c3ccccc3=N2)sc1=Nc1ccc(C(=O)O)cc1. The molecule has 0 aliphatic carbocycles. The van der Waals surface area contributed by atoms with Gasteiger partial charge in [0.2, 0.25) is 5.88 Å². The van der Waals surface area contributed by atoms with Crippen molar-refractivity contribution < 1.29 is 15.0 Å². The molecule has 3 aromatic rings. The maximum Gasteiger partial charge on any atom is 0.335 e. The highest BCUT2D eigenvalue weighted by Gasteiger charge is 2.12. The van der Waals surface area contributed by atoms with Crippen LogP contribution < -0.4 is 15.5 Å². The molecule has 28 heavy (non-hydrogen) atoms. The van der Waals surface area contributed by atoms with Crippen molar-refractivity contribution in [1.29, 1.82) is 0 Å². The molecule has 0 spiro atoms. The van der Waals surface area contributed by atoms with Gasteiger partial charge in [-0.15, -0.1) is 0 Å². The fourth-order valence-corrected chi connectivity index (χ4v) is 3.82. The molecule has 0 radical (unpaired) electrons. The Morgan fingerprint density at radius 3 is 2.36 bits per heavy atom. The number of carboxylic acid groups (broad SMARTS) is 1. The van der Waals surface area contributed by atoms with Gasteiger partial charge in [-0.05, 0) is 43.3 Å². The van der Waals surface area contributed by atoms with Crippen LogP contribution in [0.15, 0.2) is 69.3 Å². The standard InChI is InChI=1S/C20H16N4O3S/c1-2-24-18(25)16(11-17-22-14-5-3-4-6-15(14)23-17)28-20(24)21-13-9-7-12(8-10-13)19(26)27/h3-11,25H,2H2,1H3,(H,26,27). The van der Waals surface area contributed by atoms with Gasteiger partial charge in [0.1, 0.15) is 0 Å². The zero-order valence-electron chi connectivity index (χ0n) is 14.9. The molecular formula is C20H16N4O3S. The quantitative estimate of drug-likeness (QED) is 0.713. The van der Waals surface area contributed by atoms with E-state index in [-0.39, 0.29) is 11.4 Å². The van der Waals surface area contributed by atoms with Crippen LogP contribution in [0.5, 0.6) is 5.88 Å². The molecule has 140 valence electrons. The second-order valence-corrected chi connectivity index (χ2v) is 7.00. The summed E-state index contributed by atoms with van der Waals surface area (Å²) in [5.41, 5.74) is 0.807. The summed E-state index contributed by atoms with van der Waals surface area (Å²) < 4.78 is 1.68. The van der Waals surface area contributed by atoms with Crippen LogP contribution in [0.2, 0.25) is 0 Å². The first kappa shape index (κ1) is 17.9. The summed E-state index contributed by atoms with van der Waals surface area (Å²) in [4.78, 5) is 25.6. The minimum absolute atomic E-state index is 0.0993. The van der Waals surface area contributed by atoms with E-state index in [1.165, 1.54) is 23.5 Å². The fourth-order valence-electron chi connectivity index (χ4n) is 2.78. The molecule has 0 saturated carbocycles. The van der Waals surface area contributed by atoms with Gasteiger partial charge in [0.25, 0.3) is 0 Å². The van der Waals surface area contributed by atoms with E-state index in [2.05, 4.69) is 15.0 Å². The molecule has 0 unspecified atom stereocenters. The molecule has 2 heterocycles. The van der Waals surface area contributed by atoms with Crippen molar-refractivity contribution >= 4 is 29.1 Å². The van der Waals surface area contributed by atoms with E-state index in [0.29, 0.717) is 27.7 Å². The average molecular weight is 392 g/mol. The third kappa shape index (κ3) is 3.37. The molecule has 1 aliphatic heterocycles. The predicted molar refractivity (Wildman–Crippen MR) is 105 cm³/mol. The number of aromatic hydroxyl groups is 1. The number of para-hydroxylation sites is 2. The van der Waals surface area contributed by atoms with Crippen LogP contribution in [-0.4, -0.2) is 20.7 Å². The number of carboxylic acids is 1. The number of hydrogen-bond donors (Lipinski definition) is 2. The zero-order chi connectivity index (χ0) is 19.7. The monoisotopic (exact) mass is 392 g/mol. The van der Waals surface area contributed by atoms with Crippen LogP contribution in [0.3, 0.4) is 0 Å². The minimum atomic E-state index is -0.983. The van der Waals surface area contributed by atoms with E-state index in [1.807, 2.05) is 31.2 Å². The number of carbonyl (C=O) groups is 1. The third-order valence-electron chi connectivity index (χ3n) is 4.18. The van der Waals surface area contributed by atoms with Crippen molar-refractivity contribution in [3.63, 3.8) is 0 Å². The Morgan fingerprint density at radius 2 is 1.79 bits per heavy atom. The topological polar surface area (TPSA) is 99.5 Å². The Labute approximate surface area is 163 Å². The van der Waals surface area contributed by atoms with E-state index in [0.717, 1.165) is 10.7 Å². The molecule has 2 N–H and O–H groups in total. The first-order valence-corrected chi connectivity index (χ1v) is 9.41. The first-order chi connectivity index (χ1) is 13.5. The van der Waals surface area contributed by atoms with E-state index >= 15 is 0 Å². The maximum absolute atomic E-state index is 11.0. The van der Waals surface area contributed by atoms with Crippen LogP contribution in [-0.2, 0) is 6.54 Å². The predicted octanol–water partition coefficient (Wildman–Crippen LogP) is 2.46. The van der Waals surface area contributed by atoms with Crippen molar-refractivity contribution in [1.82, 2.24) is 4.57 Å². The lowest BCUT2D eigenvalue weighted by Gasteiger charge is -2.00. The fraction of sp³-hybridized carbons (Fsp3) is 0.100. The van der Waals surface area contributed by atoms with Crippen LogP contribution in [0.1, 0.15) is 22.2 Å². The van der Waals surface area contributed by atoms with E-state index in [4.69, 9.17) is 5.11 Å². The Bertz CT molecular complexity index is 1250. The molecule has 0 amide bonds. The third-order valence-corrected chi connectivity index (χ3v) is 5.19.